The predicted octanol–water partition coefficient (Wildman–Crippen LogP) is 2.53. The molecule has 0 saturated heterocycles. The number of pyridine rings is 1. The van der Waals surface area contributed by atoms with Crippen LogP contribution >= 0.6 is 0 Å². The van der Waals surface area contributed by atoms with E-state index in [1.165, 1.54) is 0 Å². The Bertz CT molecular complexity index is 984. The average molecular weight is 447 g/mol. The van der Waals surface area contributed by atoms with Crippen molar-refractivity contribution in [2.24, 2.45) is 5.73 Å². The largest absolute Gasteiger partial charge is 0.377 e. The third kappa shape index (κ3) is 8.48. The lowest BCUT2D eigenvalue weighted by Crippen LogP contribution is -2.46. The molecule has 0 saturated carbocycles. The number of hydrogen-bond acceptors (Lipinski definition) is 5. The van der Waals surface area contributed by atoms with E-state index in [4.69, 9.17) is 10.5 Å². The molecule has 1 aromatic heterocycles. The van der Waals surface area contributed by atoms with Gasteiger partial charge in [0.1, 0.15) is 0 Å². The Hall–Kier alpha value is -3.55. The maximum Gasteiger partial charge on any atom is 0.239 e. The van der Waals surface area contributed by atoms with Crippen LogP contribution in [0.25, 0.3) is 0 Å². The van der Waals surface area contributed by atoms with Crippen molar-refractivity contribution in [2.75, 3.05) is 13.2 Å². The minimum Gasteiger partial charge on any atom is -0.377 e. The molecule has 0 aliphatic rings. The summed E-state index contributed by atoms with van der Waals surface area (Å²) in [6, 6.07) is 24.2. The number of nitrogens with two attached hydrogens (primary N) is 1. The van der Waals surface area contributed by atoms with Crippen molar-refractivity contribution in [3.8, 4) is 0 Å². The van der Waals surface area contributed by atoms with Crippen LogP contribution in [0.1, 0.15) is 29.3 Å². The van der Waals surface area contributed by atoms with E-state index in [9.17, 15) is 9.59 Å². The van der Waals surface area contributed by atoms with Crippen molar-refractivity contribution < 1.29 is 14.3 Å². The van der Waals surface area contributed by atoms with Crippen molar-refractivity contribution in [1.29, 1.82) is 0 Å². The zero-order chi connectivity index (χ0) is 23.3. The van der Waals surface area contributed by atoms with Crippen molar-refractivity contribution in [1.82, 2.24) is 15.6 Å². The van der Waals surface area contributed by atoms with E-state index in [-0.39, 0.29) is 24.4 Å². The first-order valence-electron chi connectivity index (χ1n) is 11.0. The van der Waals surface area contributed by atoms with Gasteiger partial charge in [-0.15, -0.1) is 0 Å². The van der Waals surface area contributed by atoms with Crippen LogP contribution in [-0.2, 0) is 27.4 Å². The number of rotatable bonds is 12. The molecule has 0 bridgehead atoms. The molecule has 2 amide bonds. The van der Waals surface area contributed by atoms with Crippen LogP contribution in [0.4, 0.5) is 0 Å². The van der Waals surface area contributed by atoms with E-state index in [0.717, 1.165) is 16.8 Å². The van der Waals surface area contributed by atoms with Gasteiger partial charge in [0, 0.05) is 24.9 Å². The second-order valence-electron chi connectivity index (χ2n) is 7.71. The van der Waals surface area contributed by atoms with Gasteiger partial charge >= 0.3 is 0 Å². The minimum atomic E-state index is -0.744. The SMILES string of the molecule is N[C@H](CCOCc1ccccc1)C(=O)NCC(=O)NC(Cc1ccccn1)c1ccccc1. The molecule has 3 aromatic rings. The van der Waals surface area contributed by atoms with Gasteiger partial charge in [0.25, 0.3) is 0 Å². The van der Waals surface area contributed by atoms with Gasteiger partial charge in [0.05, 0.1) is 25.2 Å². The van der Waals surface area contributed by atoms with Crippen LogP contribution < -0.4 is 16.4 Å². The zero-order valence-corrected chi connectivity index (χ0v) is 18.5. The molecule has 7 heteroatoms. The lowest BCUT2D eigenvalue weighted by atomic mass is 10.0. The molecule has 0 aliphatic carbocycles. The van der Waals surface area contributed by atoms with Gasteiger partial charge in [-0.05, 0) is 29.7 Å². The lowest BCUT2D eigenvalue weighted by molar-refractivity contribution is -0.127. The van der Waals surface area contributed by atoms with Gasteiger partial charge in [0.2, 0.25) is 11.8 Å². The highest BCUT2D eigenvalue weighted by atomic mass is 16.5. The molecule has 4 N–H and O–H groups in total. The number of nitrogens with zero attached hydrogens (tertiary/aromatic N) is 1. The van der Waals surface area contributed by atoms with E-state index in [1.54, 1.807) is 6.20 Å². The maximum atomic E-state index is 12.5. The second-order valence-corrected chi connectivity index (χ2v) is 7.71. The molecule has 1 unspecified atom stereocenters. The van der Waals surface area contributed by atoms with Crippen molar-refractivity contribution >= 4 is 11.8 Å². The fraction of sp³-hybridized carbons (Fsp3) is 0.269. The molecule has 0 fully saturated rings. The minimum absolute atomic E-state index is 0.150. The third-order valence-electron chi connectivity index (χ3n) is 5.12. The summed E-state index contributed by atoms with van der Waals surface area (Å²) in [5.74, 6) is -0.671. The summed E-state index contributed by atoms with van der Waals surface area (Å²) in [7, 11) is 0. The van der Waals surface area contributed by atoms with E-state index in [2.05, 4.69) is 15.6 Å². The van der Waals surface area contributed by atoms with Gasteiger partial charge in [-0.2, -0.15) is 0 Å². The number of carbonyl (C=O) groups excluding carboxylic acids is 2. The van der Waals surface area contributed by atoms with Gasteiger partial charge in [-0.3, -0.25) is 14.6 Å². The third-order valence-corrected chi connectivity index (χ3v) is 5.12. The molecule has 0 spiro atoms. The molecule has 172 valence electrons. The Morgan fingerprint density at radius 2 is 1.64 bits per heavy atom. The van der Waals surface area contributed by atoms with Crippen LogP contribution in [0.3, 0.4) is 0 Å². The standard InChI is InChI=1S/C26H30N4O3/c27-23(14-16-33-19-20-9-3-1-4-10-20)26(32)29-18-25(31)30-24(21-11-5-2-6-12-21)17-22-13-7-8-15-28-22/h1-13,15,23-24H,14,16-19,27H2,(H,29,32)(H,30,31)/t23-,24?/m1/s1. The Morgan fingerprint density at radius 1 is 0.939 bits per heavy atom. The highest BCUT2D eigenvalue weighted by Gasteiger charge is 2.18. The summed E-state index contributed by atoms with van der Waals surface area (Å²) in [5.41, 5.74) is 8.84. The van der Waals surface area contributed by atoms with Crippen LogP contribution in [-0.4, -0.2) is 36.0 Å². The molecular formula is C26H30N4O3. The predicted molar refractivity (Wildman–Crippen MR) is 127 cm³/mol. The van der Waals surface area contributed by atoms with Crippen LogP contribution in [0.15, 0.2) is 85.1 Å². The lowest BCUT2D eigenvalue weighted by Gasteiger charge is -2.20. The fourth-order valence-corrected chi connectivity index (χ4v) is 3.32. The number of aromatic nitrogens is 1. The highest BCUT2D eigenvalue weighted by molar-refractivity contribution is 5.87. The first kappa shape index (κ1) is 24.1. The van der Waals surface area contributed by atoms with E-state index >= 15 is 0 Å². The van der Waals surface area contributed by atoms with Crippen molar-refractivity contribution in [3.63, 3.8) is 0 Å². The highest BCUT2D eigenvalue weighted by Crippen LogP contribution is 2.17. The number of benzene rings is 2. The quantitative estimate of drug-likeness (QED) is 0.371. The smallest absolute Gasteiger partial charge is 0.239 e. The molecule has 2 atom stereocenters. The van der Waals surface area contributed by atoms with E-state index < -0.39 is 6.04 Å². The molecular weight excluding hydrogens is 416 g/mol. The Morgan fingerprint density at radius 3 is 2.33 bits per heavy atom. The van der Waals surface area contributed by atoms with Crippen LogP contribution in [0.2, 0.25) is 0 Å². The summed E-state index contributed by atoms with van der Waals surface area (Å²) in [4.78, 5) is 29.2. The number of amides is 2. The number of nitrogens with one attached hydrogen (secondary N) is 2. The molecule has 1 heterocycles. The molecule has 7 nitrogen and oxygen atoms in total. The maximum absolute atomic E-state index is 12.5. The van der Waals surface area contributed by atoms with Gasteiger partial charge < -0.3 is 21.1 Å². The van der Waals surface area contributed by atoms with Crippen LogP contribution in [0, 0.1) is 0 Å². The zero-order valence-electron chi connectivity index (χ0n) is 18.5. The molecule has 33 heavy (non-hydrogen) atoms. The normalized spacial score (nSPS) is 12.5. The summed E-state index contributed by atoms with van der Waals surface area (Å²) in [6.45, 7) is 0.674. The molecule has 2 aromatic carbocycles. The van der Waals surface area contributed by atoms with Gasteiger partial charge in [-0.1, -0.05) is 66.7 Å². The Balaban J connectivity index is 1.43. The van der Waals surface area contributed by atoms with E-state index in [0.29, 0.717) is 26.1 Å². The molecule has 0 aliphatic heterocycles. The van der Waals surface area contributed by atoms with Gasteiger partial charge in [-0.25, -0.2) is 0 Å². The summed E-state index contributed by atoms with van der Waals surface area (Å²) in [6.07, 6.45) is 2.64. The van der Waals surface area contributed by atoms with E-state index in [1.807, 2.05) is 78.9 Å². The first-order chi connectivity index (χ1) is 16.1. The number of ether oxygens (including phenoxy) is 1. The summed E-state index contributed by atoms with van der Waals surface area (Å²) < 4.78 is 5.58. The number of carbonyl (C=O) groups is 2. The first-order valence-corrected chi connectivity index (χ1v) is 11.0. The van der Waals surface area contributed by atoms with Crippen molar-refractivity contribution in [2.45, 2.75) is 31.5 Å². The summed E-state index contributed by atoms with van der Waals surface area (Å²) in [5, 5.41) is 5.60. The Kier molecular flexibility index (Phi) is 9.57. The second kappa shape index (κ2) is 13.1. The summed E-state index contributed by atoms with van der Waals surface area (Å²) >= 11 is 0. The van der Waals surface area contributed by atoms with Crippen molar-refractivity contribution in [3.05, 3.63) is 102 Å². The van der Waals surface area contributed by atoms with Crippen LogP contribution in [0.5, 0.6) is 0 Å². The Labute approximate surface area is 194 Å². The number of hydrogen-bond donors (Lipinski definition) is 3. The fourth-order valence-electron chi connectivity index (χ4n) is 3.32. The monoisotopic (exact) mass is 446 g/mol. The molecule has 3 rings (SSSR count). The molecule has 0 radical (unpaired) electrons. The topological polar surface area (TPSA) is 106 Å². The van der Waals surface area contributed by atoms with Gasteiger partial charge in [0.15, 0.2) is 0 Å². The average Bonchev–Trinajstić information content (AvgIpc) is 2.86.